The molecule has 0 bridgehead atoms. The van der Waals surface area contributed by atoms with E-state index >= 15 is 0 Å². The molecule has 120 valence electrons. The molecule has 23 heavy (non-hydrogen) atoms. The fraction of sp³-hybridized carbons (Fsp3) is 0.375. The van der Waals surface area contributed by atoms with Crippen molar-refractivity contribution >= 4 is 22.8 Å². The Balaban J connectivity index is 1.53. The molecule has 7 heteroatoms. The summed E-state index contributed by atoms with van der Waals surface area (Å²) in [6, 6.07) is 4.60. The van der Waals surface area contributed by atoms with Crippen LogP contribution in [0.1, 0.15) is 16.9 Å². The molecule has 4 heterocycles. The molecule has 1 aliphatic rings. The van der Waals surface area contributed by atoms with E-state index in [0.29, 0.717) is 11.9 Å². The van der Waals surface area contributed by atoms with Crippen LogP contribution in [0.5, 0.6) is 0 Å². The summed E-state index contributed by atoms with van der Waals surface area (Å²) in [6.45, 7) is 2.82. The third-order valence-electron chi connectivity index (χ3n) is 4.33. The first-order valence-corrected chi connectivity index (χ1v) is 8.72. The van der Waals surface area contributed by atoms with Crippen LogP contribution in [0.2, 0.25) is 0 Å². The predicted octanol–water partition coefficient (Wildman–Crippen LogP) is 0.742. The van der Waals surface area contributed by atoms with Gasteiger partial charge in [0.2, 0.25) is 0 Å². The zero-order valence-electron chi connectivity index (χ0n) is 13.1. The average molecular weight is 329 g/mol. The second-order valence-electron chi connectivity index (χ2n) is 5.98. The summed E-state index contributed by atoms with van der Waals surface area (Å²) < 4.78 is 6.42. The van der Waals surface area contributed by atoms with Gasteiger partial charge in [0.15, 0.2) is 6.20 Å². The van der Waals surface area contributed by atoms with E-state index in [-0.39, 0.29) is 0 Å². The van der Waals surface area contributed by atoms with E-state index in [0.717, 1.165) is 31.6 Å². The third kappa shape index (κ3) is 2.77. The normalized spacial score (nSPS) is 19.0. The van der Waals surface area contributed by atoms with E-state index in [1.54, 1.807) is 11.3 Å². The van der Waals surface area contributed by atoms with Crippen LogP contribution in [0.25, 0.3) is 5.65 Å². The van der Waals surface area contributed by atoms with Gasteiger partial charge in [0.05, 0.1) is 6.04 Å². The maximum atomic E-state index is 6.17. The van der Waals surface area contributed by atoms with Crippen molar-refractivity contribution in [2.75, 3.05) is 13.1 Å². The highest BCUT2D eigenvalue weighted by Gasteiger charge is 2.16. The van der Waals surface area contributed by atoms with Gasteiger partial charge in [-0.2, -0.15) is 0 Å². The Morgan fingerprint density at radius 1 is 1.52 bits per heavy atom. The number of aromatic nitrogens is 3. The minimum absolute atomic E-state index is 0.322. The van der Waals surface area contributed by atoms with Gasteiger partial charge >= 0.3 is 5.65 Å². The molecule has 0 saturated carbocycles. The summed E-state index contributed by atoms with van der Waals surface area (Å²) in [5.41, 5.74) is 8.39. The van der Waals surface area contributed by atoms with Gasteiger partial charge in [-0.05, 0) is 19.0 Å². The maximum absolute atomic E-state index is 6.17. The van der Waals surface area contributed by atoms with Crippen molar-refractivity contribution in [2.45, 2.75) is 19.0 Å². The largest absolute Gasteiger partial charge is 0.383 e. The molecule has 1 saturated heterocycles. The monoisotopic (exact) mass is 329 g/mol. The summed E-state index contributed by atoms with van der Waals surface area (Å²) in [5.74, 6) is 0.660. The van der Waals surface area contributed by atoms with Crippen molar-refractivity contribution in [3.8, 4) is 0 Å². The van der Waals surface area contributed by atoms with Crippen LogP contribution in [0.4, 0.5) is 0 Å². The third-order valence-corrected chi connectivity index (χ3v) is 5.25. The molecule has 1 aliphatic heterocycles. The van der Waals surface area contributed by atoms with E-state index in [2.05, 4.69) is 60.2 Å². The molecule has 0 aromatic carbocycles. The van der Waals surface area contributed by atoms with E-state index in [1.807, 2.05) is 7.05 Å². The Kier molecular flexibility index (Phi) is 3.66. The van der Waals surface area contributed by atoms with E-state index in [9.17, 15) is 0 Å². The zero-order chi connectivity index (χ0) is 15.8. The number of rotatable bonds is 4. The topological polar surface area (TPSA) is 63.6 Å². The number of aryl methyl sites for hydroxylation is 1. The lowest BCUT2D eigenvalue weighted by atomic mass is 10.2. The molecule has 0 radical (unpaired) electrons. The molecule has 3 aromatic heterocycles. The van der Waals surface area contributed by atoms with Gasteiger partial charge < -0.3 is 11.1 Å². The van der Waals surface area contributed by atoms with Gasteiger partial charge in [-0.15, -0.1) is 15.9 Å². The molecule has 1 atom stereocenters. The van der Waals surface area contributed by atoms with Crippen LogP contribution < -0.4 is 15.6 Å². The van der Waals surface area contributed by atoms with E-state index in [4.69, 9.17) is 5.73 Å². The fourth-order valence-corrected chi connectivity index (χ4v) is 3.91. The highest BCUT2D eigenvalue weighted by Crippen LogP contribution is 2.16. The molecule has 6 nitrogen and oxygen atoms in total. The van der Waals surface area contributed by atoms with E-state index in [1.165, 1.54) is 10.5 Å². The lowest BCUT2D eigenvalue weighted by molar-refractivity contribution is -0.661. The molecular weight excluding hydrogens is 308 g/mol. The number of thiophene rings is 1. The van der Waals surface area contributed by atoms with Crippen molar-refractivity contribution < 1.29 is 4.57 Å². The first-order chi connectivity index (χ1) is 11.2. The van der Waals surface area contributed by atoms with Crippen LogP contribution >= 0.6 is 11.3 Å². The maximum Gasteiger partial charge on any atom is 0.307 e. The Labute approximate surface area is 138 Å². The van der Waals surface area contributed by atoms with Crippen molar-refractivity contribution in [3.63, 3.8) is 0 Å². The fourth-order valence-electron chi connectivity index (χ4n) is 3.03. The second-order valence-corrected chi connectivity index (χ2v) is 6.98. The molecule has 0 amide bonds. The molecule has 3 aromatic rings. The van der Waals surface area contributed by atoms with E-state index < -0.39 is 0 Å². The van der Waals surface area contributed by atoms with Crippen LogP contribution in [-0.4, -0.2) is 34.2 Å². The van der Waals surface area contributed by atoms with Crippen LogP contribution in [0.3, 0.4) is 0 Å². The summed E-state index contributed by atoms with van der Waals surface area (Å²) >= 11 is 1.74. The van der Waals surface area contributed by atoms with Gasteiger partial charge in [0.25, 0.3) is 0 Å². The van der Waals surface area contributed by atoms with Crippen LogP contribution in [0.15, 0.2) is 41.1 Å². The van der Waals surface area contributed by atoms with Crippen molar-refractivity contribution in [1.82, 2.24) is 14.5 Å². The lowest BCUT2D eigenvalue weighted by Crippen LogP contribution is -2.32. The van der Waals surface area contributed by atoms with Crippen LogP contribution in [0, 0.1) is 0 Å². The Bertz CT molecular complexity index is 849. The lowest BCUT2D eigenvalue weighted by Gasteiger charge is -2.03. The highest BCUT2D eigenvalue weighted by atomic mass is 32.1. The van der Waals surface area contributed by atoms with Gasteiger partial charge in [-0.25, -0.2) is 9.25 Å². The number of nitrogens with zero attached hydrogens (tertiary/aromatic N) is 4. The summed E-state index contributed by atoms with van der Waals surface area (Å²) in [5, 5.41) is 5.42. The van der Waals surface area contributed by atoms with Crippen LogP contribution in [-0.2, 0) is 13.6 Å². The van der Waals surface area contributed by atoms with Crippen molar-refractivity contribution in [1.29, 1.82) is 0 Å². The van der Waals surface area contributed by atoms with Gasteiger partial charge in [0, 0.05) is 41.7 Å². The number of hydrogen-bond donors (Lipinski definition) is 2. The van der Waals surface area contributed by atoms with Crippen molar-refractivity contribution in [2.24, 2.45) is 17.8 Å². The minimum atomic E-state index is 0.322. The molecule has 4 rings (SSSR count). The highest BCUT2D eigenvalue weighted by molar-refractivity contribution is 7.10. The quantitative estimate of drug-likeness (QED) is 0.421. The van der Waals surface area contributed by atoms with Crippen molar-refractivity contribution in [3.05, 3.63) is 46.5 Å². The first-order valence-electron chi connectivity index (χ1n) is 7.84. The van der Waals surface area contributed by atoms with Gasteiger partial charge in [0.1, 0.15) is 18.6 Å². The SMILES string of the molecule is Cn1ccc2n1cc[n+]2Cc1cc(C(N)=NC2CCNC2)cs1. The Morgan fingerprint density at radius 3 is 3.26 bits per heavy atom. The zero-order valence-corrected chi connectivity index (χ0v) is 14.0. The minimum Gasteiger partial charge on any atom is -0.383 e. The molecule has 1 unspecified atom stereocenters. The molecule has 3 N–H and O–H groups in total. The molecular formula is C16H21N6S+. The Hall–Kier alpha value is -2.12. The standard InChI is InChI=1S/C16H21N6S/c1-20-5-3-15-21(6-7-22(15)20)10-14-8-12(11-23-14)16(17)19-13-2-4-18-9-13/h3,5-8,11,13,18H,2,4,9-10H2,1H3,(H2,17,19)/q+1. The molecule has 1 fully saturated rings. The predicted molar refractivity (Wildman–Crippen MR) is 92.0 cm³/mol. The number of aliphatic imine (C=N–C) groups is 1. The summed E-state index contributed by atoms with van der Waals surface area (Å²) in [4.78, 5) is 5.92. The number of hydrogen-bond acceptors (Lipinski definition) is 3. The first kappa shape index (κ1) is 14.5. The van der Waals surface area contributed by atoms with Gasteiger partial charge in [-0.1, -0.05) is 0 Å². The smallest absolute Gasteiger partial charge is 0.307 e. The number of nitrogens with two attached hydrogens (primary N) is 1. The summed E-state index contributed by atoms with van der Waals surface area (Å²) in [7, 11) is 2.04. The number of amidine groups is 1. The average Bonchev–Trinajstić information content (AvgIpc) is 3.28. The second kappa shape index (κ2) is 5.82. The molecule has 0 aliphatic carbocycles. The summed E-state index contributed by atoms with van der Waals surface area (Å²) in [6.07, 6.45) is 7.32. The number of nitrogens with one attached hydrogen (secondary N) is 1. The van der Waals surface area contributed by atoms with Gasteiger partial charge in [-0.3, -0.25) is 4.99 Å². The molecule has 0 spiro atoms. The Morgan fingerprint density at radius 2 is 2.43 bits per heavy atom. The number of imidazole rings is 1. The number of fused-ring (bicyclic) bond motifs is 1.